The molecule has 1 aliphatic rings. The number of carbonyl (C=O) groups is 1. The van der Waals surface area contributed by atoms with Crippen LogP contribution in [0.3, 0.4) is 0 Å². The number of anilines is 1. The van der Waals surface area contributed by atoms with Gasteiger partial charge in [-0.1, -0.05) is 42.5 Å². The van der Waals surface area contributed by atoms with Crippen LogP contribution in [0.5, 0.6) is 0 Å². The third-order valence-corrected chi connectivity index (χ3v) is 9.03. The van der Waals surface area contributed by atoms with Gasteiger partial charge in [-0.2, -0.15) is 26.3 Å². The predicted molar refractivity (Wildman–Crippen MR) is 140 cm³/mol. The van der Waals surface area contributed by atoms with Crippen LogP contribution in [0.2, 0.25) is 0 Å². The third-order valence-electron chi connectivity index (χ3n) is 7.14. The number of alkyl halides is 6. The second-order valence-corrected chi connectivity index (χ2v) is 11.7. The highest BCUT2D eigenvalue weighted by molar-refractivity contribution is 7.92. The zero-order chi connectivity index (χ0) is 31.8. The molecule has 3 N–H and O–H groups in total. The van der Waals surface area contributed by atoms with Gasteiger partial charge in [-0.15, -0.1) is 0 Å². The minimum atomic E-state index is -6.16. The summed E-state index contributed by atoms with van der Waals surface area (Å²) in [6.07, 6.45) is -13.3. The smallest absolute Gasteiger partial charge is 0.394 e. The molecule has 0 bridgehead atoms. The van der Waals surface area contributed by atoms with Crippen molar-refractivity contribution >= 4 is 21.6 Å². The minimum absolute atomic E-state index is 0.212. The van der Waals surface area contributed by atoms with Crippen LogP contribution >= 0.6 is 0 Å². The standard InChI is InChI=1S/C28H25F7N2O5S/c29-20-8-11-22(12-9-20)43(41,42)37-21(15-25(39)36-23(16-38)17-4-2-1-3-5-17)10-6-18-14-19(7-13-24(18)37)26(40,27(30,31)32)28(33,34)35/h1-5,7-9,11-14,21,23,38,40H,6,10,15-16H2,(H,36,39). The van der Waals surface area contributed by atoms with Crippen LogP contribution in [-0.4, -0.2) is 49.5 Å². The molecule has 232 valence electrons. The van der Waals surface area contributed by atoms with Crippen LogP contribution in [-0.2, 0) is 26.8 Å². The summed E-state index contributed by atoms with van der Waals surface area (Å²) < 4.78 is 123. The zero-order valence-corrected chi connectivity index (χ0v) is 22.8. The predicted octanol–water partition coefficient (Wildman–Crippen LogP) is 4.89. The summed E-state index contributed by atoms with van der Waals surface area (Å²) in [4.78, 5) is 12.6. The number of sulfonamides is 1. The molecule has 3 aromatic rings. The molecule has 15 heteroatoms. The Kier molecular flexibility index (Phi) is 8.82. The zero-order valence-electron chi connectivity index (χ0n) is 22.0. The number of fused-ring (bicyclic) bond motifs is 1. The second kappa shape index (κ2) is 11.8. The number of rotatable bonds is 8. The highest BCUT2D eigenvalue weighted by atomic mass is 32.2. The lowest BCUT2D eigenvalue weighted by Crippen LogP contribution is -2.54. The number of amides is 1. The molecule has 0 aliphatic carbocycles. The van der Waals surface area contributed by atoms with E-state index in [1.807, 2.05) is 0 Å². The van der Waals surface area contributed by atoms with E-state index in [2.05, 4.69) is 5.32 Å². The molecule has 3 aromatic carbocycles. The molecule has 7 nitrogen and oxygen atoms in total. The van der Waals surface area contributed by atoms with Gasteiger partial charge >= 0.3 is 12.4 Å². The molecule has 0 aromatic heterocycles. The largest absolute Gasteiger partial charge is 0.430 e. The van der Waals surface area contributed by atoms with Crippen LogP contribution in [0.1, 0.15) is 35.6 Å². The molecule has 2 atom stereocenters. The molecule has 1 heterocycles. The first-order valence-corrected chi connectivity index (χ1v) is 14.2. The maximum absolute atomic E-state index is 13.8. The Morgan fingerprint density at radius 1 is 0.953 bits per heavy atom. The molecule has 2 unspecified atom stereocenters. The molecule has 0 spiro atoms. The van der Waals surface area contributed by atoms with Crippen molar-refractivity contribution in [1.29, 1.82) is 0 Å². The average Bonchev–Trinajstić information content (AvgIpc) is 2.94. The van der Waals surface area contributed by atoms with Crippen molar-refractivity contribution in [1.82, 2.24) is 5.32 Å². The number of aryl methyl sites for hydroxylation is 1. The van der Waals surface area contributed by atoms with Gasteiger partial charge < -0.3 is 15.5 Å². The van der Waals surface area contributed by atoms with Gasteiger partial charge in [0.1, 0.15) is 5.82 Å². The highest BCUT2D eigenvalue weighted by Gasteiger charge is 2.71. The number of hydrogen-bond acceptors (Lipinski definition) is 5. The summed E-state index contributed by atoms with van der Waals surface area (Å²) in [7, 11) is -4.65. The lowest BCUT2D eigenvalue weighted by molar-refractivity contribution is -0.376. The lowest BCUT2D eigenvalue weighted by atomic mass is 9.87. The van der Waals surface area contributed by atoms with Crippen LogP contribution in [0, 0.1) is 5.82 Å². The third kappa shape index (κ3) is 6.19. The molecule has 0 saturated carbocycles. The van der Waals surface area contributed by atoms with Gasteiger partial charge in [0.25, 0.3) is 15.6 Å². The van der Waals surface area contributed by atoms with E-state index in [0.29, 0.717) is 28.1 Å². The summed E-state index contributed by atoms with van der Waals surface area (Å²) >= 11 is 0. The Bertz CT molecular complexity index is 1550. The fraction of sp³-hybridized carbons (Fsp3) is 0.321. The number of carbonyl (C=O) groups excluding carboxylic acids is 1. The van der Waals surface area contributed by atoms with Gasteiger partial charge in [0.15, 0.2) is 0 Å². The monoisotopic (exact) mass is 634 g/mol. The van der Waals surface area contributed by atoms with Gasteiger partial charge in [-0.05, 0) is 54.3 Å². The van der Waals surface area contributed by atoms with E-state index in [0.717, 1.165) is 24.3 Å². The Hall–Kier alpha value is -3.69. The summed E-state index contributed by atoms with van der Waals surface area (Å²) in [5, 5.41) is 22.3. The SMILES string of the molecule is O=C(CC1CCc2cc(C(O)(C(F)(F)F)C(F)(F)F)ccc2N1S(=O)(=O)c1ccc(F)cc1)NC(CO)c1ccccc1. The molecule has 0 radical (unpaired) electrons. The molecule has 1 aliphatic heterocycles. The van der Waals surface area contributed by atoms with Crippen LogP contribution < -0.4 is 9.62 Å². The van der Waals surface area contributed by atoms with E-state index >= 15 is 0 Å². The van der Waals surface area contributed by atoms with Crippen LogP contribution in [0.15, 0.2) is 77.7 Å². The van der Waals surface area contributed by atoms with E-state index in [1.54, 1.807) is 30.3 Å². The quantitative estimate of drug-likeness (QED) is 0.306. The second-order valence-electron chi connectivity index (χ2n) is 9.91. The summed E-state index contributed by atoms with van der Waals surface area (Å²) in [6, 6.07) is 11.3. The van der Waals surface area contributed by atoms with Crippen molar-refractivity contribution in [3.8, 4) is 0 Å². The number of halogens is 7. The van der Waals surface area contributed by atoms with Crippen molar-refractivity contribution in [2.24, 2.45) is 0 Å². The average molecular weight is 635 g/mol. The van der Waals surface area contributed by atoms with E-state index < -0.39 is 75.3 Å². The van der Waals surface area contributed by atoms with E-state index in [1.165, 1.54) is 0 Å². The maximum atomic E-state index is 13.8. The summed E-state index contributed by atoms with van der Waals surface area (Å²) in [5.74, 6) is -1.47. The Balaban J connectivity index is 1.76. The van der Waals surface area contributed by atoms with E-state index in [9.17, 15) is 54.2 Å². The van der Waals surface area contributed by atoms with Crippen molar-refractivity contribution in [2.45, 2.75) is 54.2 Å². The van der Waals surface area contributed by atoms with Crippen molar-refractivity contribution in [3.63, 3.8) is 0 Å². The van der Waals surface area contributed by atoms with Crippen molar-refractivity contribution in [2.75, 3.05) is 10.9 Å². The molecule has 1 amide bonds. The van der Waals surface area contributed by atoms with Gasteiger partial charge in [0.05, 0.1) is 29.3 Å². The molecule has 4 rings (SSSR count). The topological polar surface area (TPSA) is 107 Å². The summed E-state index contributed by atoms with van der Waals surface area (Å²) in [5.41, 5.74) is -6.81. The Morgan fingerprint density at radius 2 is 1.56 bits per heavy atom. The van der Waals surface area contributed by atoms with Crippen LogP contribution in [0.4, 0.5) is 36.4 Å². The van der Waals surface area contributed by atoms with E-state index in [-0.39, 0.29) is 24.1 Å². The normalized spacial score (nSPS) is 16.9. The Labute approximate surface area is 241 Å². The number of aliphatic hydroxyl groups is 2. The fourth-order valence-corrected chi connectivity index (χ4v) is 6.68. The molecule has 0 saturated heterocycles. The minimum Gasteiger partial charge on any atom is -0.394 e. The first-order valence-electron chi connectivity index (χ1n) is 12.7. The van der Waals surface area contributed by atoms with Crippen molar-refractivity contribution < 1.29 is 54.2 Å². The number of benzene rings is 3. The maximum Gasteiger partial charge on any atom is 0.430 e. The summed E-state index contributed by atoms with van der Waals surface area (Å²) in [6.45, 7) is -0.495. The lowest BCUT2D eigenvalue weighted by Gasteiger charge is -2.39. The number of aliphatic hydroxyl groups excluding tert-OH is 1. The van der Waals surface area contributed by atoms with Crippen molar-refractivity contribution in [3.05, 3.63) is 95.3 Å². The molecule has 43 heavy (non-hydrogen) atoms. The fourth-order valence-electron chi connectivity index (χ4n) is 4.97. The number of hydrogen-bond donors (Lipinski definition) is 3. The first-order chi connectivity index (χ1) is 20.0. The highest BCUT2D eigenvalue weighted by Crippen LogP contribution is 2.51. The first kappa shape index (κ1) is 32.2. The van der Waals surface area contributed by atoms with Crippen LogP contribution in [0.25, 0.3) is 0 Å². The number of nitrogens with zero attached hydrogens (tertiary/aromatic N) is 1. The molecular weight excluding hydrogens is 609 g/mol. The van der Waals surface area contributed by atoms with Gasteiger partial charge in [0.2, 0.25) is 5.91 Å². The Morgan fingerprint density at radius 3 is 2.12 bits per heavy atom. The van der Waals surface area contributed by atoms with Gasteiger partial charge in [-0.25, -0.2) is 12.8 Å². The van der Waals surface area contributed by atoms with Gasteiger partial charge in [-0.3, -0.25) is 9.10 Å². The number of nitrogens with one attached hydrogen (secondary N) is 1. The van der Waals surface area contributed by atoms with E-state index in [4.69, 9.17) is 0 Å². The molecule has 0 fully saturated rings. The molecular formula is C28H25F7N2O5S. The van der Waals surface area contributed by atoms with Gasteiger partial charge in [0, 0.05) is 12.0 Å².